The highest BCUT2D eigenvalue weighted by atomic mass is 16.2. The smallest absolute Gasteiger partial charge is 0.250 e. The first-order valence-electron chi connectivity index (χ1n) is 9.18. The van der Waals surface area contributed by atoms with Gasteiger partial charge in [-0.25, -0.2) is 0 Å². The van der Waals surface area contributed by atoms with E-state index in [0.717, 1.165) is 11.1 Å². The van der Waals surface area contributed by atoms with Gasteiger partial charge < -0.3 is 5.32 Å². The summed E-state index contributed by atoms with van der Waals surface area (Å²) in [6, 6.07) is 17.2. The molecular weight excluding hydrogens is 342 g/mol. The molecule has 3 aliphatic rings. The number of hydrogen-bond acceptors (Lipinski definition) is 4. The van der Waals surface area contributed by atoms with Crippen molar-refractivity contribution < 1.29 is 14.4 Å². The van der Waals surface area contributed by atoms with E-state index in [4.69, 9.17) is 0 Å². The number of para-hydroxylation sites is 1. The average Bonchev–Trinajstić information content (AvgIpc) is 3.29. The Labute approximate surface area is 156 Å². The summed E-state index contributed by atoms with van der Waals surface area (Å²) in [4.78, 5) is 40.4. The van der Waals surface area contributed by atoms with E-state index in [0.29, 0.717) is 25.2 Å². The molecule has 27 heavy (non-hydrogen) atoms. The Balaban J connectivity index is 1.47. The minimum Gasteiger partial charge on any atom is -0.324 e. The van der Waals surface area contributed by atoms with Crippen molar-refractivity contribution >= 4 is 23.4 Å². The summed E-state index contributed by atoms with van der Waals surface area (Å²) in [7, 11) is 0. The molecule has 5 rings (SSSR count). The Bertz CT molecular complexity index is 958. The maximum atomic E-state index is 13.2. The minimum atomic E-state index is -1.14. The second-order valence-corrected chi connectivity index (χ2v) is 7.34. The standard InChI is InChI=1S/C21H19N3O3/c25-18-14-12-22-21(15-8-4-5-9-16(15)23-20(21)27)17(14)19(26)24(18)11-10-13-6-2-1-3-7-13/h1-9,14,17,22H,10-12H2,(H,23,27)/t14-,17-,21+/m0/s1. The lowest BCUT2D eigenvalue weighted by Crippen LogP contribution is -2.51. The summed E-state index contributed by atoms with van der Waals surface area (Å²) >= 11 is 0. The molecule has 136 valence electrons. The number of hydrogen-bond donors (Lipinski definition) is 2. The maximum Gasteiger partial charge on any atom is 0.250 e. The van der Waals surface area contributed by atoms with Gasteiger partial charge in [-0.2, -0.15) is 0 Å². The molecule has 2 N–H and O–H groups in total. The number of anilines is 1. The zero-order valence-corrected chi connectivity index (χ0v) is 14.6. The van der Waals surface area contributed by atoms with E-state index in [1.807, 2.05) is 54.6 Å². The van der Waals surface area contributed by atoms with Gasteiger partial charge >= 0.3 is 0 Å². The van der Waals surface area contributed by atoms with E-state index >= 15 is 0 Å². The van der Waals surface area contributed by atoms with E-state index in [9.17, 15) is 14.4 Å². The SMILES string of the molecule is O=C1[C@H]2CN[C@@]3(C(=O)Nc4ccccc43)[C@@H]2C(=O)N1CCc1ccccc1. The number of nitrogens with one attached hydrogen (secondary N) is 2. The van der Waals surface area contributed by atoms with E-state index in [1.54, 1.807) is 0 Å². The number of nitrogens with zero attached hydrogens (tertiary/aromatic N) is 1. The maximum absolute atomic E-state index is 13.2. The number of imide groups is 1. The number of benzene rings is 2. The zero-order chi connectivity index (χ0) is 18.6. The van der Waals surface area contributed by atoms with Crippen LogP contribution in [-0.4, -0.2) is 35.7 Å². The lowest BCUT2D eigenvalue weighted by Gasteiger charge is -2.28. The molecule has 2 saturated heterocycles. The fraction of sp³-hybridized carbons (Fsp3) is 0.286. The molecule has 6 heteroatoms. The number of rotatable bonds is 3. The van der Waals surface area contributed by atoms with Gasteiger partial charge in [-0.3, -0.25) is 24.6 Å². The first-order chi connectivity index (χ1) is 13.1. The van der Waals surface area contributed by atoms with Crippen LogP contribution >= 0.6 is 0 Å². The highest BCUT2D eigenvalue weighted by Crippen LogP contribution is 2.50. The number of amides is 3. The highest BCUT2D eigenvalue weighted by molar-refractivity contribution is 6.14. The molecule has 6 nitrogen and oxygen atoms in total. The molecule has 0 aromatic heterocycles. The number of carbonyl (C=O) groups is 3. The van der Waals surface area contributed by atoms with Crippen LogP contribution in [0.15, 0.2) is 54.6 Å². The molecule has 0 unspecified atom stereocenters. The summed E-state index contributed by atoms with van der Waals surface area (Å²) in [5.41, 5.74) is 1.40. The minimum absolute atomic E-state index is 0.178. The van der Waals surface area contributed by atoms with Gasteiger partial charge in [0.2, 0.25) is 17.7 Å². The van der Waals surface area contributed by atoms with Gasteiger partial charge in [-0.15, -0.1) is 0 Å². The Morgan fingerprint density at radius 2 is 1.70 bits per heavy atom. The number of likely N-dealkylation sites (tertiary alicyclic amines) is 1. The molecule has 2 aromatic rings. The quantitative estimate of drug-likeness (QED) is 0.808. The molecule has 3 atom stereocenters. The number of fused-ring (bicyclic) bond motifs is 4. The summed E-state index contributed by atoms with van der Waals surface area (Å²) in [5, 5.41) is 6.08. The fourth-order valence-corrected chi connectivity index (χ4v) is 4.73. The van der Waals surface area contributed by atoms with Crippen molar-refractivity contribution in [3.63, 3.8) is 0 Å². The van der Waals surface area contributed by atoms with Crippen molar-refractivity contribution in [2.45, 2.75) is 12.0 Å². The first kappa shape index (κ1) is 16.2. The van der Waals surface area contributed by atoms with Gasteiger partial charge in [0.25, 0.3) is 0 Å². The van der Waals surface area contributed by atoms with Crippen molar-refractivity contribution in [3.8, 4) is 0 Å². The van der Waals surface area contributed by atoms with Crippen molar-refractivity contribution in [1.82, 2.24) is 10.2 Å². The molecule has 1 spiro atoms. The summed E-state index contributed by atoms with van der Waals surface area (Å²) in [6.45, 7) is 0.673. The van der Waals surface area contributed by atoms with E-state index in [1.165, 1.54) is 4.90 Å². The third-order valence-corrected chi connectivity index (χ3v) is 6.01. The Morgan fingerprint density at radius 3 is 2.52 bits per heavy atom. The molecule has 0 radical (unpaired) electrons. The Morgan fingerprint density at radius 1 is 0.963 bits per heavy atom. The number of carbonyl (C=O) groups excluding carboxylic acids is 3. The van der Waals surface area contributed by atoms with Gasteiger partial charge in [-0.1, -0.05) is 48.5 Å². The van der Waals surface area contributed by atoms with Crippen LogP contribution in [0.2, 0.25) is 0 Å². The molecule has 0 aliphatic carbocycles. The Hall–Kier alpha value is -2.99. The molecule has 3 amide bonds. The molecule has 0 bridgehead atoms. The van der Waals surface area contributed by atoms with Gasteiger partial charge in [-0.05, 0) is 18.1 Å². The normalized spacial score (nSPS) is 28.6. The second kappa shape index (κ2) is 5.76. The van der Waals surface area contributed by atoms with Crippen LogP contribution in [0.4, 0.5) is 5.69 Å². The largest absolute Gasteiger partial charge is 0.324 e. The second-order valence-electron chi connectivity index (χ2n) is 7.34. The van der Waals surface area contributed by atoms with Gasteiger partial charge in [0.05, 0.1) is 11.8 Å². The van der Waals surface area contributed by atoms with Crippen LogP contribution in [0, 0.1) is 11.8 Å². The van der Waals surface area contributed by atoms with E-state index in [-0.39, 0.29) is 17.7 Å². The first-order valence-corrected chi connectivity index (χ1v) is 9.18. The van der Waals surface area contributed by atoms with Crippen LogP contribution in [0.3, 0.4) is 0 Å². The van der Waals surface area contributed by atoms with Gasteiger partial charge in [0.15, 0.2) is 0 Å². The monoisotopic (exact) mass is 361 g/mol. The third kappa shape index (κ3) is 2.13. The van der Waals surface area contributed by atoms with Crippen molar-refractivity contribution in [3.05, 3.63) is 65.7 Å². The third-order valence-electron chi connectivity index (χ3n) is 6.01. The molecule has 2 aromatic carbocycles. The fourth-order valence-electron chi connectivity index (χ4n) is 4.73. The lowest BCUT2D eigenvalue weighted by molar-refractivity contribution is -0.142. The molecular formula is C21H19N3O3. The summed E-state index contributed by atoms with van der Waals surface area (Å²) in [6.07, 6.45) is 0.612. The van der Waals surface area contributed by atoms with Gasteiger partial charge in [0, 0.05) is 24.3 Å². The molecule has 3 aliphatic heterocycles. The topological polar surface area (TPSA) is 78.5 Å². The molecule has 2 fully saturated rings. The molecule has 0 saturated carbocycles. The van der Waals surface area contributed by atoms with Crippen molar-refractivity contribution in [2.75, 3.05) is 18.4 Å². The van der Waals surface area contributed by atoms with E-state index in [2.05, 4.69) is 10.6 Å². The van der Waals surface area contributed by atoms with Crippen LogP contribution < -0.4 is 10.6 Å². The van der Waals surface area contributed by atoms with Crippen LogP contribution in [0.5, 0.6) is 0 Å². The van der Waals surface area contributed by atoms with Crippen LogP contribution in [0.25, 0.3) is 0 Å². The van der Waals surface area contributed by atoms with Crippen molar-refractivity contribution in [1.29, 1.82) is 0 Å². The highest BCUT2D eigenvalue weighted by Gasteiger charge is 2.67. The average molecular weight is 361 g/mol. The lowest BCUT2D eigenvalue weighted by atomic mass is 9.77. The molecule has 3 heterocycles. The van der Waals surface area contributed by atoms with Crippen LogP contribution in [0.1, 0.15) is 11.1 Å². The summed E-state index contributed by atoms with van der Waals surface area (Å²) in [5.74, 6) is -1.86. The van der Waals surface area contributed by atoms with Crippen molar-refractivity contribution in [2.24, 2.45) is 11.8 Å². The predicted molar refractivity (Wildman–Crippen MR) is 98.6 cm³/mol. The summed E-state index contributed by atoms with van der Waals surface area (Å²) < 4.78 is 0. The predicted octanol–water partition coefficient (Wildman–Crippen LogP) is 1.28. The van der Waals surface area contributed by atoms with Crippen LogP contribution in [-0.2, 0) is 26.3 Å². The Kier molecular flexibility index (Phi) is 3.45. The van der Waals surface area contributed by atoms with E-state index < -0.39 is 17.4 Å². The van der Waals surface area contributed by atoms with Gasteiger partial charge in [0.1, 0.15) is 5.54 Å². The zero-order valence-electron chi connectivity index (χ0n) is 14.6.